The van der Waals surface area contributed by atoms with Gasteiger partial charge in [-0.05, 0) is 19.8 Å². The van der Waals surface area contributed by atoms with Gasteiger partial charge < -0.3 is 16.0 Å². The third-order valence-corrected chi connectivity index (χ3v) is 3.39. The van der Waals surface area contributed by atoms with Crippen LogP contribution < -0.4 is 11.1 Å². The van der Waals surface area contributed by atoms with Gasteiger partial charge in [0.15, 0.2) is 0 Å². The molecule has 1 aliphatic rings. The smallest absolute Gasteiger partial charge is 0.274 e. The topological polar surface area (TPSA) is 104 Å². The summed E-state index contributed by atoms with van der Waals surface area (Å²) in [7, 11) is 0. The predicted molar refractivity (Wildman–Crippen MR) is 70.3 cm³/mol. The molecule has 0 bridgehead atoms. The Hall–Kier alpha value is -2.05. The molecule has 4 N–H and O–H groups in total. The van der Waals surface area contributed by atoms with Gasteiger partial charge in [-0.15, -0.1) is 0 Å². The van der Waals surface area contributed by atoms with Gasteiger partial charge in [0, 0.05) is 25.6 Å². The van der Waals surface area contributed by atoms with Crippen molar-refractivity contribution in [2.24, 2.45) is 5.92 Å². The summed E-state index contributed by atoms with van der Waals surface area (Å²) in [6.07, 6.45) is 2.80. The number of H-pyrrole nitrogens is 1. The number of nitrogen functional groups attached to an aromatic ring is 1. The second-order valence-electron chi connectivity index (χ2n) is 4.66. The number of likely N-dealkylation sites (tertiary alicyclic amines) is 1. The summed E-state index contributed by atoms with van der Waals surface area (Å²) in [6.45, 7) is 3.68. The number of carbonyl (C=O) groups excluding carboxylic acids is 2. The van der Waals surface area contributed by atoms with Crippen LogP contribution in [-0.2, 0) is 4.79 Å². The van der Waals surface area contributed by atoms with E-state index < -0.39 is 0 Å². The number of aromatic amines is 1. The third kappa shape index (κ3) is 2.86. The number of nitrogens with zero attached hydrogens (tertiary/aromatic N) is 2. The molecule has 19 heavy (non-hydrogen) atoms. The number of nitrogens with one attached hydrogen (secondary N) is 2. The van der Waals surface area contributed by atoms with Gasteiger partial charge in [-0.1, -0.05) is 0 Å². The fourth-order valence-corrected chi connectivity index (χ4v) is 2.29. The molecule has 2 rings (SSSR count). The highest BCUT2D eigenvalue weighted by atomic mass is 16.2. The first-order valence-corrected chi connectivity index (χ1v) is 6.49. The fraction of sp³-hybridized carbons (Fsp3) is 0.583. The number of hydrogen-bond donors (Lipinski definition) is 3. The Morgan fingerprint density at radius 3 is 2.74 bits per heavy atom. The van der Waals surface area contributed by atoms with Crippen LogP contribution in [0.3, 0.4) is 0 Å². The van der Waals surface area contributed by atoms with Crippen molar-refractivity contribution in [3.8, 4) is 0 Å². The van der Waals surface area contributed by atoms with Crippen molar-refractivity contribution in [1.82, 2.24) is 20.4 Å². The summed E-state index contributed by atoms with van der Waals surface area (Å²) in [5.41, 5.74) is 6.35. The van der Waals surface area contributed by atoms with Crippen molar-refractivity contribution in [2.75, 3.05) is 25.4 Å². The number of hydrogen-bond acceptors (Lipinski definition) is 4. The number of aromatic nitrogens is 2. The summed E-state index contributed by atoms with van der Waals surface area (Å²) in [5.74, 6) is -0.0666. The Labute approximate surface area is 111 Å². The molecular weight excluding hydrogens is 246 g/mol. The van der Waals surface area contributed by atoms with E-state index in [2.05, 4.69) is 15.5 Å². The quantitative estimate of drug-likeness (QED) is 0.714. The molecule has 0 atom stereocenters. The summed E-state index contributed by atoms with van der Waals surface area (Å²) in [6, 6.07) is 0. The van der Waals surface area contributed by atoms with Gasteiger partial charge in [0.25, 0.3) is 5.91 Å². The molecule has 0 spiro atoms. The Bertz CT molecular complexity index is 462. The largest absolute Gasteiger partial charge is 0.396 e. The van der Waals surface area contributed by atoms with Crippen LogP contribution in [0.15, 0.2) is 6.20 Å². The highest BCUT2D eigenvalue weighted by molar-refractivity contribution is 5.97. The van der Waals surface area contributed by atoms with Crippen molar-refractivity contribution >= 4 is 17.5 Å². The maximum absolute atomic E-state index is 12.2. The maximum atomic E-state index is 12.2. The van der Waals surface area contributed by atoms with E-state index in [4.69, 9.17) is 5.73 Å². The molecule has 1 aliphatic heterocycles. The molecule has 1 aromatic heterocycles. The van der Waals surface area contributed by atoms with Crippen LogP contribution in [0.5, 0.6) is 0 Å². The van der Waals surface area contributed by atoms with Crippen LogP contribution in [0.1, 0.15) is 30.3 Å². The van der Waals surface area contributed by atoms with Gasteiger partial charge in [-0.2, -0.15) is 5.10 Å². The lowest BCUT2D eigenvalue weighted by Crippen LogP contribution is -2.43. The molecule has 0 saturated carbocycles. The zero-order valence-electron chi connectivity index (χ0n) is 11.0. The number of carbonyl (C=O) groups is 2. The zero-order chi connectivity index (χ0) is 13.8. The van der Waals surface area contributed by atoms with Gasteiger partial charge in [0.05, 0.1) is 11.9 Å². The van der Waals surface area contributed by atoms with Crippen LogP contribution in [-0.4, -0.2) is 46.5 Å². The molecule has 7 heteroatoms. The Kier molecular flexibility index (Phi) is 4.03. The molecule has 1 saturated heterocycles. The first kappa shape index (κ1) is 13.4. The van der Waals surface area contributed by atoms with E-state index in [0.29, 0.717) is 43.9 Å². The lowest BCUT2D eigenvalue weighted by Gasteiger charge is -2.31. The molecule has 2 heterocycles. The van der Waals surface area contributed by atoms with Crippen LogP contribution in [0.2, 0.25) is 0 Å². The van der Waals surface area contributed by atoms with Crippen LogP contribution in [0.25, 0.3) is 0 Å². The number of rotatable bonds is 3. The van der Waals surface area contributed by atoms with E-state index in [0.717, 1.165) is 0 Å². The lowest BCUT2D eigenvalue weighted by molar-refractivity contribution is -0.126. The predicted octanol–water partition coefficient (Wildman–Crippen LogP) is -0.0198. The van der Waals surface area contributed by atoms with E-state index in [1.54, 1.807) is 4.90 Å². The maximum Gasteiger partial charge on any atom is 0.274 e. The van der Waals surface area contributed by atoms with Gasteiger partial charge >= 0.3 is 0 Å². The number of piperidine rings is 1. The van der Waals surface area contributed by atoms with Crippen molar-refractivity contribution in [2.45, 2.75) is 19.8 Å². The Morgan fingerprint density at radius 1 is 1.53 bits per heavy atom. The number of nitrogens with two attached hydrogens (primary N) is 1. The molecule has 0 aliphatic carbocycles. The zero-order valence-corrected chi connectivity index (χ0v) is 11.0. The molecule has 0 aromatic carbocycles. The van der Waals surface area contributed by atoms with Crippen molar-refractivity contribution in [3.05, 3.63) is 11.9 Å². The van der Waals surface area contributed by atoms with Gasteiger partial charge in [-0.25, -0.2) is 0 Å². The first-order valence-electron chi connectivity index (χ1n) is 6.49. The average Bonchev–Trinajstić information content (AvgIpc) is 2.84. The fourth-order valence-electron chi connectivity index (χ4n) is 2.29. The van der Waals surface area contributed by atoms with Gasteiger partial charge in [0.1, 0.15) is 5.69 Å². The Balaban J connectivity index is 1.92. The van der Waals surface area contributed by atoms with Gasteiger partial charge in [0.2, 0.25) is 5.91 Å². The molecule has 7 nitrogen and oxygen atoms in total. The average molecular weight is 265 g/mol. The molecule has 1 aromatic rings. The highest BCUT2D eigenvalue weighted by Crippen LogP contribution is 2.20. The summed E-state index contributed by atoms with van der Waals surface area (Å²) >= 11 is 0. The van der Waals surface area contributed by atoms with Crippen molar-refractivity contribution in [1.29, 1.82) is 0 Å². The summed E-state index contributed by atoms with van der Waals surface area (Å²) in [4.78, 5) is 25.6. The monoisotopic (exact) mass is 265 g/mol. The highest BCUT2D eigenvalue weighted by Gasteiger charge is 2.28. The minimum Gasteiger partial charge on any atom is -0.396 e. The van der Waals surface area contributed by atoms with Crippen LogP contribution in [0.4, 0.5) is 5.69 Å². The standard InChI is InChI=1S/C12H19N5O2/c1-2-14-11(18)8-3-5-17(6-4-8)12(19)10-9(13)7-15-16-10/h7-8H,2-6,13H2,1H3,(H,14,18)(H,15,16). The van der Waals surface area contributed by atoms with Gasteiger partial charge in [-0.3, -0.25) is 14.7 Å². The first-order chi connectivity index (χ1) is 9.13. The van der Waals surface area contributed by atoms with E-state index in [1.165, 1.54) is 6.20 Å². The van der Waals surface area contributed by atoms with Crippen LogP contribution >= 0.6 is 0 Å². The third-order valence-electron chi connectivity index (χ3n) is 3.39. The lowest BCUT2D eigenvalue weighted by atomic mass is 9.95. The van der Waals surface area contributed by atoms with E-state index in [9.17, 15) is 9.59 Å². The molecule has 0 radical (unpaired) electrons. The molecule has 0 unspecified atom stereocenters. The van der Waals surface area contributed by atoms with E-state index in [-0.39, 0.29) is 17.7 Å². The SMILES string of the molecule is CCNC(=O)C1CCN(C(=O)c2[nH]ncc2N)CC1. The van der Waals surface area contributed by atoms with Crippen molar-refractivity contribution in [3.63, 3.8) is 0 Å². The normalized spacial score (nSPS) is 16.4. The summed E-state index contributed by atoms with van der Waals surface area (Å²) in [5, 5.41) is 9.17. The molecule has 104 valence electrons. The molecular formula is C12H19N5O2. The van der Waals surface area contributed by atoms with E-state index >= 15 is 0 Å². The number of anilines is 1. The second-order valence-corrected chi connectivity index (χ2v) is 4.66. The molecule has 2 amide bonds. The number of amides is 2. The van der Waals surface area contributed by atoms with E-state index in [1.807, 2.05) is 6.92 Å². The van der Waals surface area contributed by atoms with Crippen LogP contribution in [0, 0.1) is 5.92 Å². The second kappa shape index (κ2) is 5.73. The van der Waals surface area contributed by atoms with Crippen molar-refractivity contribution < 1.29 is 9.59 Å². The summed E-state index contributed by atoms with van der Waals surface area (Å²) < 4.78 is 0. The Morgan fingerprint density at radius 2 is 2.21 bits per heavy atom. The minimum atomic E-state index is -0.149. The minimum absolute atomic E-state index is 0.00288. The molecule has 1 fully saturated rings.